The minimum atomic E-state index is 0.360. The summed E-state index contributed by atoms with van der Waals surface area (Å²) in [7, 11) is 0. The van der Waals surface area contributed by atoms with Gasteiger partial charge in [-0.15, -0.1) is 0 Å². The van der Waals surface area contributed by atoms with Crippen molar-refractivity contribution in [2.75, 3.05) is 6.61 Å². The van der Waals surface area contributed by atoms with E-state index in [-0.39, 0.29) is 0 Å². The third-order valence-corrected chi connectivity index (χ3v) is 2.01. The molecule has 0 saturated heterocycles. The average Bonchev–Trinajstić information content (AvgIpc) is 2.10. The van der Waals surface area contributed by atoms with Gasteiger partial charge < -0.3 is 5.11 Å². The van der Waals surface area contributed by atoms with Gasteiger partial charge in [0.1, 0.15) is 0 Å². The maximum absolute atomic E-state index is 8.53. The SMILES string of the molecule is C/C=C/CCCCCCCCO. The fourth-order valence-corrected chi connectivity index (χ4v) is 1.25. The van der Waals surface area contributed by atoms with Crippen molar-refractivity contribution in [2.45, 2.75) is 51.9 Å². The van der Waals surface area contributed by atoms with Gasteiger partial charge in [-0.3, -0.25) is 0 Å². The van der Waals surface area contributed by atoms with E-state index in [9.17, 15) is 0 Å². The lowest BCUT2D eigenvalue weighted by atomic mass is 10.1. The van der Waals surface area contributed by atoms with Crippen molar-refractivity contribution in [3.63, 3.8) is 0 Å². The fraction of sp³-hybridized carbons (Fsp3) is 0.818. The Morgan fingerprint density at radius 1 is 0.917 bits per heavy atom. The highest BCUT2D eigenvalue weighted by molar-refractivity contribution is 4.76. The van der Waals surface area contributed by atoms with E-state index in [1.807, 2.05) is 0 Å². The molecule has 0 aromatic rings. The lowest BCUT2D eigenvalue weighted by Gasteiger charge is -1.98. The zero-order valence-corrected chi connectivity index (χ0v) is 8.26. The van der Waals surface area contributed by atoms with E-state index in [1.54, 1.807) is 0 Å². The second kappa shape index (κ2) is 10.7. The van der Waals surface area contributed by atoms with Crippen LogP contribution in [0.5, 0.6) is 0 Å². The van der Waals surface area contributed by atoms with Crippen LogP contribution in [-0.4, -0.2) is 11.7 Å². The third kappa shape index (κ3) is 9.70. The molecule has 0 atom stereocenters. The highest BCUT2D eigenvalue weighted by atomic mass is 16.2. The van der Waals surface area contributed by atoms with E-state index < -0.39 is 0 Å². The highest BCUT2D eigenvalue weighted by Crippen LogP contribution is 2.06. The monoisotopic (exact) mass is 170 g/mol. The van der Waals surface area contributed by atoms with Crippen molar-refractivity contribution in [1.82, 2.24) is 0 Å². The molecular weight excluding hydrogens is 148 g/mol. The van der Waals surface area contributed by atoms with Crippen molar-refractivity contribution in [2.24, 2.45) is 0 Å². The number of hydrogen-bond donors (Lipinski definition) is 1. The van der Waals surface area contributed by atoms with Gasteiger partial charge in [-0.1, -0.05) is 37.8 Å². The summed E-state index contributed by atoms with van der Waals surface area (Å²) in [5, 5.41) is 8.53. The summed E-state index contributed by atoms with van der Waals surface area (Å²) in [6.45, 7) is 2.43. The van der Waals surface area contributed by atoms with Crippen LogP contribution in [0.15, 0.2) is 12.2 Å². The van der Waals surface area contributed by atoms with Gasteiger partial charge in [-0.05, 0) is 26.2 Å². The van der Waals surface area contributed by atoms with E-state index in [4.69, 9.17) is 5.11 Å². The van der Waals surface area contributed by atoms with Crippen LogP contribution >= 0.6 is 0 Å². The van der Waals surface area contributed by atoms with Crippen LogP contribution in [0, 0.1) is 0 Å². The van der Waals surface area contributed by atoms with Crippen LogP contribution < -0.4 is 0 Å². The Balaban J connectivity index is 2.81. The standard InChI is InChI=1S/C11H22O/c1-2-3-4-5-6-7-8-9-10-11-12/h2-3,12H,4-11H2,1H3/b3-2+. The molecule has 0 saturated carbocycles. The normalized spacial score (nSPS) is 11.2. The number of hydrogen-bond acceptors (Lipinski definition) is 1. The molecule has 0 spiro atoms. The molecule has 0 radical (unpaired) electrons. The Hall–Kier alpha value is -0.300. The van der Waals surface area contributed by atoms with E-state index >= 15 is 0 Å². The van der Waals surface area contributed by atoms with E-state index in [0.29, 0.717) is 6.61 Å². The molecule has 1 N–H and O–H groups in total. The van der Waals surface area contributed by atoms with Crippen molar-refractivity contribution >= 4 is 0 Å². The van der Waals surface area contributed by atoms with Gasteiger partial charge in [0.25, 0.3) is 0 Å². The summed E-state index contributed by atoms with van der Waals surface area (Å²) in [4.78, 5) is 0. The highest BCUT2D eigenvalue weighted by Gasteiger charge is 1.88. The van der Waals surface area contributed by atoms with Crippen LogP contribution in [-0.2, 0) is 0 Å². The van der Waals surface area contributed by atoms with Gasteiger partial charge in [0.2, 0.25) is 0 Å². The van der Waals surface area contributed by atoms with Crippen LogP contribution in [0.25, 0.3) is 0 Å². The molecule has 0 aromatic heterocycles. The summed E-state index contributed by atoms with van der Waals surface area (Å²) in [6.07, 6.45) is 13.0. The molecule has 0 fully saturated rings. The first-order valence-corrected chi connectivity index (χ1v) is 5.14. The minimum Gasteiger partial charge on any atom is -0.396 e. The van der Waals surface area contributed by atoms with Gasteiger partial charge in [-0.25, -0.2) is 0 Å². The first-order valence-electron chi connectivity index (χ1n) is 5.14. The first kappa shape index (κ1) is 11.7. The van der Waals surface area contributed by atoms with Gasteiger partial charge in [0.15, 0.2) is 0 Å². The van der Waals surface area contributed by atoms with Gasteiger partial charge in [0.05, 0.1) is 0 Å². The summed E-state index contributed by atoms with van der Waals surface area (Å²) in [5.74, 6) is 0. The molecule has 0 amide bonds. The van der Waals surface area contributed by atoms with Gasteiger partial charge in [0, 0.05) is 6.61 Å². The predicted octanol–water partition coefficient (Wildman–Crippen LogP) is 3.29. The Morgan fingerprint density at radius 2 is 1.50 bits per heavy atom. The molecule has 0 aliphatic rings. The Morgan fingerprint density at radius 3 is 2.08 bits per heavy atom. The maximum atomic E-state index is 8.53. The minimum absolute atomic E-state index is 0.360. The molecule has 0 aliphatic carbocycles. The fourth-order valence-electron chi connectivity index (χ4n) is 1.25. The topological polar surface area (TPSA) is 20.2 Å². The van der Waals surface area contributed by atoms with Crippen molar-refractivity contribution in [1.29, 1.82) is 0 Å². The van der Waals surface area contributed by atoms with Gasteiger partial charge >= 0.3 is 0 Å². The average molecular weight is 170 g/mol. The lowest BCUT2D eigenvalue weighted by molar-refractivity contribution is 0.282. The number of aliphatic hydroxyl groups is 1. The molecule has 0 bridgehead atoms. The Kier molecular flexibility index (Phi) is 10.4. The van der Waals surface area contributed by atoms with Crippen LogP contribution in [0.2, 0.25) is 0 Å². The van der Waals surface area contributed by atoms with Crippen LogP contribution in [0.3, 0.4) is 0 Å². The second-order valence-corrected chi connectivity index (χ2v) is 3.20. The Bertz CT molecular complexity index is 97.2. The predicted molar refractivity (Wildman–Crippen MR) is 54.2 cm³/mol. The second-order valence-electron chi connectivity index (χ2n) is 3.20. The smallest absolute Gasteiger partial charge is 0.0431 e. The maximum Gasteiger partial charge on any atom is 0.0431 e. The number of unbranched alkanes of at least 4 members (excludes halogenated alkanes) is 6. The van der Waals surface area contributed by atoms with Crippen molar-refractivity contribution in [3.8, 4) is 0 Å². The summed E-state index contributed by atoms with van der Waals surface area (Å²) in [5.41, 5.74) is 0. The van der Waals surface area contributed by atoms with Crippen molar-refractivity contribution in [3.05, 3.63) is 12.2 Å². The molecule has 0 unspecified atom stereocenters. The van der Waals surface area contributed by atoms with Crippen LogP contribution in [0.4, 0.5) is 0 Å². The summed E-state index contributed by atoms with van der Waals surface area (Å²) >= 11 is 0. The zero-order chi connectivity index (χ0) is 9.07. The molecule has 0 heterocycles. The molecule has 0 rings (SSSR count). The van der Waals surface area contributed by atoms with E-state index in [1.165, 1.54) is 38.5 Å². The summed E-state index contributed by atoms with van der Waals surface area (Å²) < 4.78 is 0. The van der Waals surface area contributed by atoms with E-state index in [0.717, 1.165) is 6.42 Å². The largest absolute Gasteiger partial charge is 0.396 e. The number of rotatable bonds is 8. The number of allylic oxidation sites excluding steroid dienone is 2. The molecule has 1 nitrogen and oxygen atoms in total. The molecule has 12 heavy (non-hydrogen) atoms. The first-order chi connectivity index (χ1) is 5.91. The lowest BCUT2D eigenvalue weighted by Crippen LogP contribution is -1.83. The number of aliphatic hydroxyl groups excluding tert-OH is 1. The van der Waals surface area contributed by atoms with Crippen molar-refractivity contribution < 1.29 is 5.11 Å². The summed E-state index contributed by atoms with van der Waals surface area (Å²) in [6, 6.07) is 0. The third-order valence-electron chi connectivity index (χ3n) is 2.01. The quantitative estimate of drug-likeness (QED) is 0.438. The zero-order valence-electron chi connectivity index (χ0n) is 8.26. The molecular formula is C11H22O. The van der Waals surface area contributed by atoms with E-state index in [2.05, 4.69) is 19.1 Å². The Labute approximate surface area is 76.5 Å². The molecule has 0 aromatic carbocycles. The molecule has 0 aliphatic heterocycles. The van der Waals surface area contributed by atoms with Gasteiger partial charge in [-0.2, -0.15) is 0 Å². The van der Waals surface area contributed by atoms with Crippen LogP contribution in [0.1, 0.15) is 51.9 Å². The molecule has 1 heteroatoms. The molecule has 72 valence electrons.